The Balaban J connectivity index is 1.44. The molecule has 0 radical (unpaired) electrons. The number of hydrogen-bond donors (Lipinski definition) is 1. The van der Waals surface area contributed by atoms with E-state index in [1.807, 2.05) is 0 Å². The second kappa shape index (κ2) is 9.53. The van der Waals surface area contributed by atoms with Gasteiger partial charge in [-0.05, 0) is 43.4 Å². The van der Waals surface area contributed by atoms with Crippen molar-refractivity contribution >= 4 is 0 Å². The predicted molar refractivity (Wildman–Crippen MR) is 99.2 cm³/mol. The first-order valence-electron chi connectivity index (χ1n) is 9.64. The van der Waals surface area contributed by atoms with Crippen molar-refractivity contribution < 1.29 is 14.2 Å². The smallest absolute Gasteiger partial charge is 0.119 e. The van der Waals surface area contributed by atoms with Gasteiger partial charge in [0.1, 0.15) is 5.75 Å². The maximum absolute atomic E-state index is 6.09. The Morgan fingerprint density at radius 1 is 1.00 bits per heavy atom. The highest BCUT2D eigenvalue weighted by Crippen LogP contribution is 2.34. The SMILES string of the molecule is NCC1(c2ccc(OCCCN3CCCOCC3)cc2)CCOCC1. The lowest BCUT2D eigenvalue weighted by molar-refractivity contribution is 0.0529. The van der Waals surface area contributed by atoms with Crippen LogP contribution in [-0.4, -0.2) is 64.1 Å². The fraction of sp³-hybridized carbons (Fsp3) is 0.700. The average molecular weight is 348 g/mol. The molecule has 2 N–H and O–H groups in total. The molecule has 0 atom stereocenters. The van der Waals surface area contributed by atoms with Crippen molar-refractivity contribution in [2.45, 2.75) is 31.1 Å². The summed E-state index contributed by atoms with van der Waals surface area (Å²) in [5.41, 5.74) is 7.48. The molecule has 1 aromatic rings. The van der Waals surface area contributed by atoms with E-state index in [1.165, 1.54) is 5.56 Å². The molecular formula is C20H32N2O3. The third-order valence-corrected chi connectivity index (χ3v) is 5.51. The van der Waals surface area contributed by atoms with Crippen LogP contribution in [0.15, 0.2) is 24.3 Å². The minimum atomic E-state index is 0.0750. The van der Waals surface area contributed by atoms with Crippen molar-refractivity contribution in [1.29, 1.82) is 0 Å². The number of nitrogens with zero attached hydrogens (tertiary/aromatic N) is 1. The van der Waals surface area contributed by atoms with Crippen LogP contribution in [0.25, 0.3) is 0 Å². The normalized spacial score (nSPS) is 21.6. The zero-order valence-electron chi connectivity index (χ0n) is 15.3. The molecule has 2 saturated heterocycles. The van der Waals surface area contributed by atoms with Gasteiger partial charge in [0.15, 0.2) is 0 Å². The van der Waals surface area contributed by atoms with Crippen molar-refractivity contribution in [3.05, 3.63) is 29.8 Å². The van der Waals surface area contributed by atoms with Gasteiger partial charge in [-0.3, -0.25) is 0 Å². The van der Waals surface area contributed by atoms with Crippen LogP contribution in [0.2, 0.25) is 0 Å². The fourth-order valence-corrected chi connectivity index (χ4v) is 3.78. The van der Waals surface area contributed by atoms with Gasteiger partial charge in [-0.25, -0.2) is 0 Å². The van der Waals surface area contributed by atoms with Crippen molar-refractivity contribution in [2.24, 2.45) is 5.73 Å². The van der Waals surface area contributed by atoms with Gasteiger partial charge in [-0.15, -0.1) is 0 Å². The van der Waals surface area contributed by atoms with E-state index in [-0.39, 0.29) is 5.41 Å². The highest BCUT2D eigenvalue weighted by molar-refractivity contribution is 5.33. The molecule has 1 aromatic carbocycles. The Hall–Kier alpha value is -1.14. The molecular weight excluding hydrogens is 316 g/mol. The van der Waals surface area contributed by atoms with Crippen LogP contribution >= 0.6 is 0 Å². The van der Waals surface area contributed by atoms with E-state index in [0.717, 1.165) is 84.1 Å². The molecule has 0 aliphatic carbocycles. The molecule has 25 heavy (non-hydrogen) atoms. The minimum absolute atomic E-state index is 0.0750. The molecule has 2 aliphatic rings. The van der Waals surface area contributed by atoms with Crippen molar-refractivity contribution in [3.63, 3.8) is 0 Å². The maximum atomic E-state index is 6.09. The topological polar surface area (TPSA) is 57.0 Å². The molecule has 0 amide bonds. The van der Waals surface area contributed by atoms with E-state index >= 15 is 0 Å². The van der Waals surface area contributed by atoms with Crippen LogP contribution in [0.5, 0.6) is 5.75 Å². The highest BCUT2D eigenvalue weighted by Gasteiger charge is 2.32. The molecule has 140 valence electrons. The Labute approximate surface area is 151 Å². The van der Waals surface area contributed by atoms with Crippen molar-refractivity contribution in [1.82, 2.24) is 4.90 Å². The monoisotopic (exact) mass is 348 g/mol. The van der Waals surface area contributed by atoms with Crippen LogP contribution in [-0.2, 0) is 14.9 Å². The van der Waals surface area contributed by atoms with Gasteiger partial charge >= 0.3 is 0 Å². The second-order valence-electron chi connectivity index (χ2n) is 7.13. The number of ether oxygens (including phenoxy) is 3. The average Bonchev–Trinajstić information content (AvgIpc) is 2.95. The van der Waals surface area contributed by atoms with Gasteiger partial charge in [0.05, 0.1) is 13.2 Å². The lowest BCUT2D eigenvalue weighted by atomic mass is 9.74. The summed E-state index contributed by atoms with van der Waals surface area (Å²) in [6, 6.07) is 8.53. The van der Waals surface area contributed by atoms with Crippen LogP contribution < -0.4 is 10.5 Å². The van der Waals surface area contributed by atoms with Crippen LogP contribution in [0.1, 0.15) is 31.2 Å². The van der Waals surface area contributed by atoms with Crippen molar-refractivity contribution in [2.75, 3.05) is 59.2 Å². The first-order valence-corrected chi connectivity index (χ1v) is 9.64. The largest absolute Gasteiger partial charge is 0.494 e. The summed E-state index contributed by atoms with van der Waals surface area (Å²) in [6.45, 7) is 8.06. The van der Waals surface area contributed by atoms with Gasteiger partial charge in [-0.1, -0.05) is 12.1 Å². The Morgan fingerprint density at radius 2 is 1.76 bits per heavy atom. The number of hydrogen-bond acceptors (Lipinski definition) is 5. The molecule has 2 heterocycles. The van der Waals surface area contributed by atoms with Crippen molar-refractivity contribution in [3.8, 4) is 5.75 Å². The van der Waals surface area contributed by atoms with Crippen LogP contribution in [0.4, 0.5) is 0 Å². The molecule has 0 bridgehead atoms. The van der Waals surface area contributed by atoms with E-state index < -0.39 is 0 Å². The van der Waals surface area contributed by atoms with Gasteiger partial charge in [0.2, 0.25) is 0 Å². The molecule has 2 fully saturated rings. The standard InChI is InChI=1S/C20H32N2O3/c21-17-20(7-14-24-15-8-20)18-3-5-19(6-4-18)25-13-2-10-22-9-1-12-23-16-11-22/h3-6H,1-2,7-17,21H2. The first kappa shape index (κ1) is 18.6. The summed E-state index contributed by atoms with van der Waals surface area (Å²) in [5.74, 6) is 0.946. The van der Waals surface area contributed by atoms with Gasteiger partial charge in [0.25, 0.3) is 0 Å². The third kappa shape index (κ3) is 5.17. The number of benzene rings is 1. The molecule has 0 saturated carbocycles. The Bertz CT molecular complexity index is 492. The second-order valence-corrected chi connectivity index (χ2v) is 7.13. The van der Waals surface area contributed by atoms with E-state index in [1.54, 1.807) is 0 Å². The van der Waals surface area contributed by atoms with Crippen LogP contribution in [0.3, 0.4) is 0 Å². The zero-order chi connectivity index (χ0) is 17.4. The van der Waals surface area contributed by atoms with E-state index in [9.17, 15) is 0 Å². The van der Waals surface area contributed by atoms with E-state index in [4.69, 9.17) is 19.9 Å². The van der Waals surface area contributed by atoms with Gasteiger partial charge in [-0.2, -0.15) is 0 Å². The van der Waals surface area contributed by atoms with Gasteiger partial charge < -0.3 is 24.8 Å². The lowest BCUT2D eigenvalue weighted by Gasteiger charge is -2.36. The Morgan fingerprint density at radius 3 is 2.52 bits per heavy atom. The zero-order valence-corrected chi connectivity index (χ0v) is 15.3. The number of nitrogens with two attached hydrogens (primary N) is 1. The minimum Gasteiger partial charge on any atom is -0.494 e. The van der Waals surface area contributed by atoms with Gasteiger partial charge in [0, 0.05) is 51.4 Å². The number of rotatable bonds is 7. The fourth-order valence-electron chi connectivity index (χ4n) is 3.78. The summed E-state index contributed by atoms with van der Waals surface area (Å²) in [7, 11) is 0. The Kier molecular flexibility index (Phi) is 7.11. The molecule has 0 spiro atoms. The summed E-state index contributed by atoms with van der Waals surface area (Å²) < 4.78 is 16.9. The summed E-state index contributed by atoms with van der Waals surface area (Å²) >= 11 is 0. The summed E-state index contributed by atoms with van der Waals surface area (Å²) in [6.07, 6.45) is 4.19. The predicted octanol–water partition coefficient (Wildman–Crippen LogP) is 2.18. The lowest BCUT2D eigenvalue weighted by Crippen LogP contribution is -2.40. The molecule has 3 rings (SSSR count). The molecule has 0 aromatic heterocycles. The van der Waals surface area contributed by atoms with E-state index in [2.05, 4.69) is 29.2 Å². The first-order chi connectivity index (χ1) is 12.3. The summed E-state index contributed by atoms with van der Waals surface area (Å²) in [5, 5.41) is 0. The third-order valence-electron chi connectivity index (χ3n) is 5.51. The molecule has 2 aliphatic heterocycles. The molecule has 0 unspecified atom stereocenters. The highest BCUT2D eigenvalue weighted by atomic mass is 16.5. The van der Waals surface area contributed by atoms with Crippen LogP contribution in [0, 0.1) is 0 Å². The van der Waals surface area contributed by atoms with E-state index in [0.29, 0.717) is 6.54 Å². The molecule has 5 nitrogen and oxygen atoms in total. The molecule has 5 heteroatoms. The maximum Gasteiger partial charge on any atom is 0.119 e. The quantitative estimate of drug-likeness (QED) is 0.766. The summed E-state index contributed by atoms with van der Waals surface area (Å²) in [4.78, 5) is 2.47.